The fourth-order valence-electron chi connectivity index (χ4n) is 1.42. The van der Waals surface area contributed by atoms with Crippen molar-refractivity contribution in [2.24, 2.45) is 0 Å². The molecule has 17 heavy (non-hydrogen) atoms. The first-order chi connectivity index (χ1) is 8.27. The molecule has 0 aliphatic heterocycles. The molecular weight excluding hydrogens is 238 g/mol. The van der Waals surface area contributed by atoms with E-state index in [9.17, 15) is 4.79 Å². The Kier molecular flexibility index (Phi) is 6.81. The van der Waals surface area contributed by atoms with Gasteiger partial charge in [-0.1, -0.05) is 0 Å². The standard InChI is InChI=1S/C12H19NO3S/c1-17-9-10-5-6-11(16-10)12(15)13-7-3-2-4-8-14/h5-6,14H,2-4,7-9H2,1H3,(H,13,15). The molecule has 0 fully saturated rings. The summed E-state index contributed by atoms with van der Waals surface area (Å²) in [5.74, 6) is 1.81. The SMILES string of the molecule is CSCc1ccc(C(=O)NCCCCCO)o1. The van der Waals surface area contributed by atoms with E-state index in [-0.39, 0.29) is 12.5 Å². The highest BCUT2D eigenvalue weighted by atomic mass is 32.2. The van der Waals surface area contributed by atoms with Crippen molar-refractivity contribution in [2.75, 3.05) is 19.4 Å². The van der Waals surface area contributed by atoms with Gasteiger partial charge in [-0.3, -0.25) is 4.79 Å². The topological polar surface area (TPSA) is 62.5 Å². The number of unbranched alkanes of at least 4 members (excludes halogenated alkanes) is 2. The van der Waals surface area contributed by atoms with Crippen molar-refractivity contribution in [2.45, 2.75) is 25.0 Å². The summed E-state index contributed by atoms with van der Waals surface area (Å²) in [4.78, 5) is 11.6. The highest BCUT2D eigenvalue weighted by Gasteiger charge is 2.09. The summed E-state index contributed by atoms with van der Waals surface area (Å²) in [6.07, 6.45) is 4.58. The van der Waals surface area contributed by atoms with Gasteiger partial charge in [-0.2, -0.15) is 11.8 Å². The predicted octanol–water partition coefficient (Wildman–Crippen LogP) is 2.04. The lowest BCUT2D eigenvalue weighted by molar-refractivity contribution is 0.0924. The van der Waals surface area contributed by atoms with Gasteiger partial charge in [0.15, 0.2) is 5.76 Å². The van der Waals surface area contributed by atoms with Crippen LogP contribution in [0.3, 0.4) is 0 Å². The molecule has 0 saturated carbocycles. The minimum absolute atomic E-state index is 0.165. The van der Waals surface area contributed by atoms with Gasteiger partial charge in [-0.25, -0.2) is 0 Å². The van der Waals surface area contributed by atoms with Crippen molar-refractivity contribution in [3.8, 4) is 0 Å². The lowest BCUT2D eigenvalue weighted by Crippen LogP contribution is -2.23. The van der Waals surface area contributed by atoms with Gasteiger partial charge in [0.05, 0.1) is 5.75 Å². The number of hydrogen-bond acceptors (Lipinski definition) is 4. The summed E-state index contributed by atoms with van der Waals surface area (Å²) in [6, 6.07) is 3.53. The summed E-state index contributed by atoms with van der Waals surface area (Å²) in [5.41, 5.74) is 0. The van der Waals surface area contributed by atoms with Gasteiger partial charge >= 0.3 is 0 Å². The van der Waals surface area contributed by atoms with Gasteiger partial charge in [-0.15, -0.1) is 0 Å². The molecular formula is C12H19NO3S. The van der Waals surface area contributed by atoms with Gasteiger partial charge in [0.2, 0.25) is 0 Å². The summed E-state index contributed by atoms with van der Waals surface area (Å²) in [5, 5.41) is 11.4. The van der Waals surface area contributed by atoms with Gasteiger partial charge in [0.25, 0.3) is 5.91 Å². The number of rotatable bonds is 8. The second-order valence-electron chi connectivity index (χ2n) is 3.74. The van der Waals surface area contributed by atoms with Crippen LogP contribution in [0.4, 0.5) is 0 Å². The van der Waals surface area contributed by atoms with E-state index in [1.807, 2.05) is 12.3 Å². The third kappa shape index (κ3) is 5.28. The van der Waals surface area contributed by atoms with Crippen molar-refractivity contribution in [3.05, 3.63) is 23.7 Å². The first-order valence-electron chi connectivity index (χ1n) is 5.74. The largest absolute Gasteiger partial charge is 0.455 e. The van der Waals surface area contributed by atoms with Gasteiger partial charge < -0.3 is 14.8 Å². The van der Waals surface area contributed by atoms with Crippen LogP contribution in [0.25, 0.3) is 0 Å². The second kappa shape index (κ2) is 8.20. The smallest absolute Gasteiger partial charge is 0.286 e. The average Bonchev–Trinajstić information content (AvgIpc) is 2.78. The fraction of sp³-hybridized carbons (Fsp3) is 0.583. The van der Waals surface area contributed by atoms with Crippen molar-refractivity contribution in [3.63, 3.8) is 0 Å². The van der Waals surface area contributed by atoms with Crippen molar-refractivity contribution < 1.29 is 14.3 Å². The monoisotopic (exact) mass is 257 g/mol. The number of hydrogen-bond donors (Lipinski definition) is 2. The lowest BCUT2D eigenvalue weighted by atomic mass is 10.2. The number of aliphatic hydroxyl groups is 1. The molecule has 1 aromatic rings. The summed E-state index contributed by atoms with van der Waals surface area (Å²) >= 11 is 1.66. The van der Waals surface area contributed by atoms with Gasteiger partial charge in [-0.05, 0) is 37.7 Å². The summed E-state index contributed by atoms with van der Waals surface area (Å²) in [7, 11) is 0. The van der Waals surface area contributed by atoms with Crippen LogP contribution < -0.4 is 5.32 Å². The molecule has 5 heteroatoms. The number of amides is 1. The highest BCUT2D eigenvalue weighted by molar-refractivity contribution is 7.97. The second-order valence-corrected chi connectivity index (χ2v) is 4.61. The number of carbonyl (C=O) groups is 1. The maximum atomic E-state index is 11.6. The quantitative estimate of drug-likeness (QED) is 0.700. The molecule has 0 bridgehead atoms. The van der Waals surface area contributed by atoms with E-state index in [1.165, 1.54) is 0 Å². The molecule has 0 radical (unpaired) electrons. The molecule has 0 unspecified atom stereocenters. The van der Waals surface area contributed by atoms with E-state index < -0.39 is 0 Å². The van der Waals surface area contributed by atoms with Crippen molar-refractivity contribution in [1.29, 1.82) is 0 Å². The Labute approximate surface area is 106 Å². The van der Waals surface area contributed by atoms with E-state index in [4.69, 9.17) is 9.52 Å². The van der Waals surface area contributed by atoms with Crippen LogP contribution in [0.5, 0.6) is 0 Å². The number of nitrogens with one attached hydrogen (secondary N) is 1. The molecule has 0 saturated heterocycles. The zero-order chi connectivity index (χ0) is 12.5. The van der Waals surface area contributed by atoms with E-state index >= 15 is 0 Å². The molecule has 1 aromatic heterocycles. The first-order valence-corrected chi connectivity index (χ1v) is 7.14. The zero-order valence-electron chi connectivity index (χ0n) is 10.1. The third-order valence-electron chi connectivity index (χ3n) is 2.29. The molecule has 4 nitrogen and oxygen atoms in total. The maximum absolute atomic E-state index is 11.6. The normalized spacial score (nSPS) is 10.5. The third-order valence-corrected chi connectivity index (χ3v) is 2.87. The van der Waals surface area contributed by atoms with Crippen LogP contribution in [0.15, 0.2) is 16.5 Å². The summed E-state index contributed by atoms with van der Waals surface area (Å²) in [6.45, 7) is 0.835. The molecule has 1 heterocycles. The Balaban J connectivity index is 2.26. The molecule has 1 rings (SSSR count). The van der Waals surface area contributed by atoms with Crippen LogP contribution in [0.2, 0.25) is 0 Å². The predicted molar refractivity (Wildman–Crippen MR) is 69.2 cm³/mol. The molecule has 0 spiro atoms. The van der Waals surface area contributed by atoms with Crippen LogP contribution in [0, 0.1) is 0 Å². The highest BCUT2D eigenvalue weighted by Crippen LogP contribution is 2.13. The van der Waals surface area contributed by atoms with E-state index in [0.717, 1.165) is 30.8 Å². The Morgan fingerprint density at radius 3 is 2.94 bits per heavy atom. The van der Waals surface area contributed by atoms with Crippen molar-refractivity contribution >= 4 is 17.7 Å². The van der Waals surface area contributed by atoms with Crippen molar-refractivity contribution in [1.82, 2.24) is 5.32 Å². The van der Waals surface area contributed by atoms with Gasteiger partial charge in [0, 0.05) is 13.2 Å². The summed E-state index contributed by atoms with van der Waals surface area (Å²) < 4.78 is 5.39. The number of aliphatic hydroxyl groups excluding tert-OH is 1. The number of thioether (sulfide) groups is 1. The maximum Gasteiger partial charge on any atom is 0.286 e. The van der Waals surface area contributed by atoms with E-state index in [0.29, 0.717) is 12.3 Å². The Morgan fingerprint density at radius 1 is 1.41 bits per heavy atom. The Morgan fingerprint density at radius 2 is 2.24 bits per heavy atom. The number of furan rings is 1. The fourth-order valence-corrected chi connectivity index (χ4v) is 1.86. The molecule has 0 aliphatic rings. The molecule has 96 valence electrons. The lowest BCUT2D eigenvalue weighted by Gasteiger charge is -2.02. The van der Waals surface area contributed by atoms with Crippen LogP contribution in [0.1, 0.15) is 35.6 Å². The molecule has 0 aromatic carbocycles. The zero-order valence-corrected chi connectivity index (χ0v) is 10.9. The molecule has 0 aliphatic carbocycles. The van der Waals surface area contributed by atoms with Crippen LogP contribution in [-0.4, -0.2) is 30.4 Å². The minimum atomic E-state index is -0.165. The first kappa shape index (κ1) is 14.1. The molecule has 0 atom stereocenters. The molecule has 1 amide bonds. The Bertz CT molecular complexity index is 338. The average molecular weight is 257 g/mol. The van der Waals surface area contributed by atoms with Crippen LogP contribution >= 0.6 is 11.8 Å². The van der Waals surface area contributed by atoms with E-state index in [1.54, 1.807) is 17.8 Å². The van der Waals surface area contributed by atoms with Crippen LogP contribution in [-0.2, 0) is 5.75 Å². The minimum Gasteiger partial charge on any atom is -0.455 e. The Hall–Kier alpha value is -0.940. The molecule has 2 N–H and O–H groups in total. The van der Waals surface area contributed by atoms with E-state index in [2.05, 4.69) is 5.32 Å². The number of carbonyl (C=O) groups excluding carboxylic acids is 1. The van der Waals surface area contributed by atoms with Gasteiger partial charge in [0.1, 0.15) is 5.76 Å².